The summed E-state index contributed by atoms with van der Waals surface area (Å²) in [6.07, 6.45) is 8.63. The van der Waals surface area contributed by atoms with Gasteiger partial charge in [0.25, 0.3) is 0 Å². The number of aldehydes is 1. The molecule has 0 bridgehead atoms. The van der Waals surface area contributed by atoms with Crippen molar-refractivity contribution in [3.63, 3.8) is 0 Å². The lowest BCUT2D eigenvalue weighted by atomic mass is 10.1. The van der Waals surface area contributed by atoms with E-state index in [4.69, 9.17) is 0 Å². The Balaban J connectivity index is 2.13. The third kappa shape index (κ3) is 5.07. The van der Waals surface area contributed by atoms with Crippen LogP contribution in [0.4, 0.5) is 0 Å². The second kappa shape index (κ2) is 7.81. The fourth-order valence-electron chi connectivity index (χ4n) is 1.95. The van der Waals surface area contributed by atoms with Gasteiger partial charge in [0.2, 0.25) is 0 Å². The van der Waals surface area contributed by atoms with E-state index in [1.54, 1.807) is 0 Å². The topological polar surface area (TPSA) is 17.1 Å². The Kier molecular flexibility index (Phi) is 5.48. The van der Waals surface area contributed by atoms with Gasteiger partial charge in [0.05, 0.1) is 0 Å². The van der Waals surface area contributed by atoms with Crippen molar-refractivity contribution in [3.8, 4) is 0 Å². The van der Waals surface area contributed by atoms with Gasteiger partial charge in [-0.15, -0.1) is 0 Å². The first kappa shape index (κ1) is 14.7. The molecule has 0 amide bonds. The SMILES string of the molecule is CC(/C=C/C(C=O)=C\c1ccccc1)=C\c1ccccc1. The van der Waals surface area contributed by atoms with Gasteiger partial charge in [0.15, 0.2) is 0 Å². The molecule has 0 N–H and O–H groups in total. The van der Waals surface area contributed by atoms with Crippen LogP contribution in [-0.2, 0) is 4.79 Å². The molecule has 0 saturated carbocycles. The summed E-state index contributed by atoms with van der Waals surface area (Å²) in [5.41, 5.74) is 3.93. The molecule has 0 atom stereocenters. The fourth-order valence-corrected chi connectivity index (χ4v) is 1.95. The number of hydrogen-bond acceptors (Lipinski definition) is 1. The highest BCUT2D eigenvalue weighted by Gasteiger charge is 1.92. The van der Waals surface area contributed by atoms with Crippen molar-refractivity contribution in [2.75, 3.05) is 0 Å². The van der Waals surface area contributed by atoms with E-state index in [-0.39, 0.29) is 0 Å². The Morgan fingerprint density at radius 3 is 1.81 bits per heavy atom. The summed E-state index contributed by atoms with van der Waals surface area (Å²) in [5, 5.41) is 0. The van der Waals surface area contributed by atoms with Crippen molar-refractivity contribution in [2.45, 2.75) is 6.92 Å². The first-order valence-corrected chi connectivity index (χ1v) is 6.91. The lowest BCUT2D eigenvalue weighted by Gasteiger charge is -1.96. The molecule has 0 aromatic heterocycles. The van der Waals surface area contributed by atoms with E-state index in [9.17, 15) is 4.79 Å². The van der Waals surface area contributed by atoms with Crippen LogP contribution in [0.15, 0.2) is 84.0 Å². The maximum Gasteiger partial charge on any atom is 0.150 e. The van der Waals surface area contributed by atoms with Gasteiger partial charge in [-0.25, -0.2) is 0 Å². The van der Waals surface area contributed by atoms with Crippen LogP contribution in [0.25, 0.3) is 12.2 Å². The molecule has 0 fully saturated rings. The van der Waals surface area contributed by atoms with E-state index in [1.807, 2.05) is 73.7 Å². The molecule has 104 valence electrons. The monoisotopic (exact) mass is 274 g/mol. The van der Waals surface area contributed by atoms with Gasteiger partial charge in [0.1, 0.15) is 6.29 Å². The fraction of sp³-hybridized carbons (Fsp3) is 0.0500. The molecule has 21 heavy (non-hydrogen) atoms. The molecular formula is C20H18O. The lowest BCUT2D eigenvalue weighted by Crippen LogP contribution is -1.81. The van der Waals surface area contributed by atoms with Crippen LogP contribution < -0.4 is 0 Å². The van der Waals surface area contributed by atoms with Crippen LogP contribution in [0.2, 0.25) is 0 Å². The van der Waals surface area contributed by atoms with Gasteiger partial charge < -0.3 is 0 Å². The minimum absolute atomic E-state index is 0.655. The van der Waals surface area contributed by atoms with Crippen molar-refractivity contribution >= 4 is 18.4 Å². The van der Waals surface area contributed by atoms with Crippen LogP contribution in [0.1, 0.15) is 18.1 Å². The minimum atomic E-state index is 0.655. The summed E-state index contributed by atoms with van der Waals surface area (Å²) < 4.78 is 0. The van der Waals surface area contributed by atoms with E-state index >= 15 is 0 Å². The predicted octanol–water partition coefficient (Wildman–Crippen LogP) is 4.93. The largest absolute Gasteiger partial charge is 0.298 e. The van der Waals surface area contributed by atoms with E-state index in [0.717, 1.165) is 23.0 Å². The molecule has 2 rings (SSSR count). The van der Waals surface area contributed by atoms with Crippen LogP contribution >= 0.6 is 0 Å². The Labute approximate surface area is 126 Å². The molecule has 1 nitrogen and oxygen atoms in total. The molecule has 0 heterocycles. The first-order chi connectivity index (χ1) is 10.3. The van der Waals surface area contributed by atoms with Gasteiger partial charge in [-0.1, -0.05) is 84.5 Å². The number of allylic oxidation sites excluding steroid dienone is 4. The Morgan fingerprint density at radius 2 is 1.29 bits per heavy atom. The minimum Gasteiger partial charge on any atom is -0.298 e. The molecule has 1 heteroatoms. The molecule has 0 aliphatic heterocycles. The molecule has 2 aromatic rings. The van der Waals surface area contributed by atoms with Crippen molar-refractivity contribution in [1.82, 2.24) is 0 Å². The van der Waals surface area contributed by atoms with E-state index < -0.39 is 0 Å². The Bertz CT molecular complexity index is 661. The van der Waals surface area contributed by atoms with E-state index in [0.29, 0.717) is 5.57 Å². The lowest BCUT2D eigenvalue weighted by molar-refractivity contribution is -0.104. The third-order valence-electron chi connectivity index (χ3n) is 3.00. The third-order valence-corrected chi connectivity index (χ3v) is 3.00. The number of carbonyl (C=O) groups excluding carboxylic acids is 1. The molecule has 0 spiro atoms. The summed E-state index contributed by atoms with van der Waals surface area (Å²) in [7, 11) is 0. The molecule has 0 saturated heterocycles. The number of hydrogen-bond donors (Lipinski definition) is 0. The highest BCUT2D eigenvalue weighted by atomic mass is 16.1. The smallest absolute Gasteiger partial charge is 0.150 e. The molecule has 0 radical (unpaired) electrons. The van der Waals surface area contributed by atoms with Crippen molar-refractivity contribution in [2.24, 2.45) is 0 Å². The van der Waals surface area contributed by atoms with Crippen LogP contribution in [-0.4, -0.2) is 6.29 Å². The standard InChI is InChI=1S/C20H18O/c1-17(14-18-8-4-2-5-9-18)12-13-20(16-21)15-19-10-6-3-7-11-19/h2-16H,1H3/b13-12+,17-14+,20-15+. The maximum atomic E-state index is 11.1. The zero-order valence-electron chi connectivity index (χ0n) is 12.1. The number of carbonyl (C=O) groups is 1. The average Bonchev–Trinajstić information content (AvgIpc) is 2.53. The highest BCUT2D eigenvalue weighted by Crippen LogP contribution is 2.10. The summed E-state index contributed by atoms with van der Waals surface area (Å²) in [4.78, 5) is 11.1. The van der Waals surface area contributed by atoms with Gasteiger partial charge >= 0.3 is 0 Å². The van der Waals surface area contributed by atoms with Gasteiger partial charge in [-0.2, -0.15) is 0 Å². The zero-order valence-corrected chi connectivity index (χ0v) is 12.1. The van der Waals surface area contributed by atoms with Crippen LogP contribution in [0, 0.1) is 0 Å². The maximum absolute atomic E-state index is 11.1. The molecule has 0 aliphatic rings. The molecular weight excluding hydrogens is 256 g/mol. The predicted molar refractivity (Wildman–Crippen MR) is 89.7 cm³/mol. The number of benzene rings is 2. The summed E-state index contributed by atoms with van der Waals surface area (Å²) in [6.45, 7) is 2.02. The zero-order chi connectivity index (χ0) is 14.9. The normalized spacial score (nSPS) is 12.6. The second-order valence-corrected chi connectivity index (χ2v) is 4.81. The van der Waals surface area contributed by atoms with Crippen LogP contribution in [0.3, 0.4) is 0 Å². The summed E-state index contributed by atoms with van der Waals surface area (Å²) in [6, 6.07) is 19.9. The van der Waals surface area contributed by atoms with Crippen molar-refractivity contribution in [1.29, 1.82) is 0 Å². The van der Waals surface area contributed by atoms with Crippen LogP contribution in [0.5, 0.6) is 0 Å². The summed E-state index contributed by atoms with van der Waals surface area (Å²) >= 11 is 0. The first-order valence-electron chi connectivity index (χ1n) is 6.91. The second-order valence-electron chi connectivity index (χ2n) is 4.81. The van der Waals surface area contributed by atoms with Gasteiger partial charge in [-0.3, -0.25) is 4.79 Å². The van der Waals surface area contributed by atoms with E-state index in [2.05, 4.69) is 18.2 Å². The highest BCUT2D eigenvalue weighted by molar-refractivity contribution is 5.85. The number of rotatable bonds is 5. The molecule has 0 aliphatic carbocycles. The molecule has 0 unspecified atom stereocenters. The van der Waals surface area contributed by atoms with Crippen molar-refractivity contribution in [3.05, 3.63) is 95.1 Å². The average molecular weight is 274 g/mol. The Morgan fingerprint density at radius 1 is 0.762 bits per heavy atom. The quantitative estimate of drug-likeness (QED) is 0.429. The van der Waals surface area contributed by atoms with Crippen molar-refractivity contribution < 1.29 is 4.79 Å². The summed E-state index contributed by atoms with van der Waals surface area (Å²) in [5.74, 6) is 0. The van der Waals surface area contributed by atoms with Gasteiger partial charge in [-0.05, 0) is 24.1 Å². The molecule has 2 aromatic carbocycles. The van der Waals surface area contributed by atoms with Gasteiger partial charge in [0, 0.05) is 5.57 Å². The van der Waals surface area contributed by atoms with E-state index in [1.165, 1.54) is 0 Å². The Hall–Kier alpha value is -2.67.